The van der Waals surface area contributed by atoms with Crippen LogP contribution in [0, 0.1) is 5.82 Å². The standard InChI is InChI=1S/C18H20BrFN2O2/c1-22(2)17(12-4-7-14(24-3)8-5-12)11-21-18(23)15-10-13(20)6-9-16(15)19/h4-10,17H,11H2,1-3H3,(H,21,23). The summed E-state index contributed by atoms with van der Waals surface area (Å²) in [7, 11) is 5.51. The second-order valence-electron chi connectivity index (χ2n) is 5.59. The Bertz CT molecular complexity index is 705. The minimum Gasteiger partial charge on any atom is -0.497 e. The molecule has 1 N–H and O–H groups in total. The van der Waals surface area contributed by atoms with Gasteiger partial charge in [-0.15, -0.1) is 0 Å². The summed E-state index contributed by atoms with van der Waals surface area (Å²) < 4.78 is 19.1. The topological polar surface area (TPSA) is 41.6 Å². The van der Waals surface area contributed by atoms with E-state index in [4.69, 9.17) is 4.74 Å². The van der Waals surface area contributed by atoms with Crippen molar-refractivity contribution in [2.24, 2.45) is 0 Å². The van der Waals surface area contributed by atoms with Gasteiger partial charge in [-0.25, -0.2) is 4.39 Å². The molecule has 0 aliphatic heterocycles. The summed E-state index contributed by atoms with van der Waals surface area (Å²) in [6.45, 7) is 0.404. The van der Waals surface area contributed by atoms with Crippen molar-refractivity contribution < 1.29 is 13.9 Å². The Kier molecular flexibility index (Phi) is 6.34. The van der Waals surface area contributed by atoms with Gasteiger partial charge in [-0.2, -0.15) is 0 Å². The van der Waals surface area contributed by atoms with Crippen LogP contribution in [0.3, 0.4) is 0 Å². The minimum absolute atomic E-state index is 0.00723. The normalized spacial score (nSPS) is 12.1. The number of rotatable bonds is 6. The van der Waals surface area contributed by atoms with Crippen LogP contribution in [0.25, 0.3) is 0 Å². The lowest BCUT2D eigenvalue weighted by molar-refractivity contribution is 0.0940. The Labute approximate surface area is 149 Å². The Morgan fingerprint density at radius 3 is 2.50 bits per heavy atom. The first kappa shape index (κ1) is 18.4. The molecule has 128 valence electrons. The van der Waals surface area contributed by atoms with E-state index in [2.05, 4.69) is 21.2 Å². The Morgan fingerprint density at radius 2 is 1.92 bits per heavy atom. The Balaban J connectivity index is 2.10. The van der Waals surface area contributed by atoms with Gasteiger partial charge >= 0.3 is 0 Å². The minimum atomic E-state index is -0.442. The van der Waals surface area contributed by atoms with Crippen molar-refractivity contribution in [3.8, 4) is 5.75 Å². The summed E-state index contributed by atoms with van der Waals surface area (Å²) in [4.78, 5) is 14.3. The average molecular weight is 395 g/mol. The molecule has 0 aliphatic carbocycles. The molecule has 4 nitrogen and oxygen atoms in total. The van der Waals surface area contributed by atoms with Crippen LogP contribution in [0.2, 0.25) is 0 Å². The highest BCUT2D eigenvalue weighted by atomic mass is 79.9. The smallest absolute Gasteiger partial charge is 0.252 e. The lowest BCUT2D eigenvalue weighted by Crippen LogP contribution is -2.34. The van der Waals surface area contributed by atoms with Crippen molar-refractivity contribution >= 4 is 21.8 Å². The van der Waals surface area contributed by atoms with Crippen LogP contribution in [-0.2, 0) is 0 Å². The number of benzene rings is 2. The number of nitrogens with one attached hydrogen (secondary N) is 1. The molecule has 0 radical (unpaired) electrons. The van der Waals surface area contributed by atoms with E-state index in [0.717, 1.165) is 11.3 Å². The van der Waals surface area contributed by atoms with E-state index in [1.807, 2.05) is 43.3 Å². The molecule has 1 amide bonds. The monoisotopic (exact) mass is 394 g/mol. The van der Waals surface area contributed by atoms with Crippen molar-refractivity contribution in [3.05, 3.63) is 63.9 Å². The number of halogens is 2. The van der Waals surface area contributed by atoms with Crippen molar-refractivity contribution in [1.29, 1.82) is 0 Å². The molecule has 2 rings (SSSR count). The Morgan fingerprint density at radius 1 is 1.25 bits per heavy atom. The third-order valence-electron chi connectivity index (χ3n) is 3.75. The van der Waals surface area contributed by atoms with Gasteiger partial charge in [-0.05, 0) is 65.9 Å². The van der Waals surface area contributed by atoms with Crippen LogP contribution < -0.4 is 10.1 Å². The van der Waals surface area contributed by atoms with Gasteiger partial charge in [0.1, 0.15) is 11.6 Å². The number of hydrogen-bond donors (Lipinski definition) is 1. The maximum Gasteiger partial charge on any atom is 0.252 e. The molecule has 0 spiro atoms. The molecule has 0 saturated heterocycles. The third-order valence-corrected chi connectivity index (χ3v) is 4.44. The molecule has 0 aromatic heterocycles. The van der Waals surface area contributed by atoms with Gasteiger partial charge in [0.25, 0.3) is 5.91 Å². The molecule has 2 aromatic rings. The summed E-state index contributed by atoms with van der Waals surface area (Å²) in [6, 6.07) is 11.7. The van der Waals surface area contributed by atoms with Crippen molar-refractivity contribution in [3.63, 3.8) is 0 Å². The molecule has 2 aromatic carbocycles. The molecule has 6 heteroatoms. The lowest BCUT2D eigenvalue weighted by atomic mass is 10.1. The van der Waals surface area contributed by atoms with Crippen LogP contribution >= 0.6 is 15.9 Å². The molecule has 0 heterocycles. The fourth-order valence-electron chi connectivity index (χ4n) is 2.38. The van der Waals surface area contributed by atoms with E-state index < -0.39 is 5.82 Å². The van der Waals surface area contributed by atoms with E-state index in [0.29, 0.717) is 11.0 Å². The maximum absolute atomic E-state index is 13.4. The number of carbonyl (C=O) groups excluding carboxylic acids is 1. The summed E-state index contributed by atoms with van der Waals surface area (Å²) >= 11 is 3.28. The largest absolute Gasteiger partial charge is 0.497 e. The summed E-state index contributed by atoms with van der Waals surface area (Å²) in [5.41, 5.74) is 1.33. The Hall–Kier alpha value is -1.92. The number of ether oxygens (including phenoxy) is 1. The summed E-state index contributed by atoms with van der Waals surface area (Å²) in [5, 5.41) is 2.87. The van der Waals surface area contributed by atoms with E-state index in [-0.39, 0.29) is 17.5 Å². The van der Waals surface area contributed by atoms with E-state index >= 15 is 0 Å². The van der Waals surface area contributed by atoms with Gasteiger partial charge in [0, 0.05) is 11.0 Å². The fourth-order valence-corrected chi connectivity index (χ4v) is 2.81. The quantitative estimate of drug-likeness (QED) is 0.813. The van der Waals surface area contributed by atoms with Gasteiger partial charge in [0.05, 0.1) is 18.7 Å². The van der Waals surface area contributed by atoms with E-state index in [1.165, 1.54) is 18.2 Å². The van der Waals surface area contributed by atoms with E-state index in [1.54, 1.807) is 7.11 Å². The highest BCUT2D eigenvalue weighted by Gasteiger charge is 2.17. The zero-order valence-electron chi connectivity index (χ0n) is 13.8. The predicted octanol–water partition coefficient (Wildman–Crippen LogP) is 3.63. The zero-order valence-corrected chi connectivity index (χ0v) is 15.4. The van der Waals surface area contributed by atoms with E-state index in [9.17, 15) is 9.18 Å². The number of amides is 1. The van der Waals surface area contributed by atoms with Crippen LogP contribution in [0.1, 0.15) is 22.0 Å². The van der Waals surface area contributed by atoms with Gasteiger partial charge in [-0.1, -0.05) is 12.1 Å². The lowest BCUT2D eigenvalue weighted by Gasteiger charge is -2.25. The molecular weight excluding hydrogens is 375 g/mol. The van der Waals surface area contributed by atoms with Crippen LogP contribution in [0.15, 0.2) is 46.9 Å². The molecule has 0 aliphatic rings. The number of nitrogens with zero attached hydrogens (tertiary/aromatic N) is 1. The van der Waals surface area contributed by atoms with Crippen LogP contribution in [-0.4, -0.2) is 38.6 Å². The second-order valence-corrected chi connectivity index (χ2v) is 6.44. The van der Waals surface area contributed by atoms with Gasteiger partial charge < -0.3 is 15.0 Å². The number of hydrogen-bond acceptors (Lipinski definition) is 3. The van der Waals surface area contributed by atoms with Crippen molar-refractivity contribution in [1.82, 2.24) is 10.2 Å². The van der Waals surface area contributed by atoms with Gasteiger partial charge in [0.15, 0.2) is 0 Å². The summed E-state index contributed by atoms with van der Waals surface area (Å²) in [6.07, 6.45) is 0. The fraction of sp³-hybridized carbons (Fsp3) is 0.278. The molecule has 1 atom stereocenters. The third kappa shape index (κ3) is 4.55. The first-order chi connectivity index (χ1) is 11.4. The first-order valence-corrected chi connectivity index (χ1v) is 8.25. The van der Waals surface area contributed by atoms with Gasteiger partial charge in [-0.3, -0.25) is 4.79 Å². The van der Waals surface area contributed by atoms with Gasteiger partial charge in [0.2, 0.25) is 0 Å². The molecular formula is C18H20BrFN2O2. The number of likely N-dealkylation sites (N-methyl/N-ethyl adjacent to an activating group) is 1. The maximum atomic E-state index is 13.4. The highest BCUT2D eigenvalue weighted by molar-refractivity contribution is 9.10. The SMILES string of the molecule is COc1ccc(C(CNC(=O)c2cc(F)ccc2Br)N(C)C)cc1. The number of carbonyl (C=O) groups is 1. The highest BCUT2D eigenvalue weighted by Crippen LogP contribution is 2.22. The molecule has 0 saturated carbocycles. The zero-order chi connectivity index (χ0) is 17.7. The predicted molar refractivity (Wildman–Crippen MR) is 95.9 cm³/mol. The van der Waals surface area contributed by atoms with Crippen LogP contribution in [0.5, 0.6) is 5.75 Å². The molecule has 24 heavy (non-hydrogen) atoms. The molecule has 0 fully saturated rings. The molecule has 1 unspecified atom stereocenters. The average Bonchev–Trinajstić information content (AvgIpc) is 2.57. The second kappa shape index (κ2) is 8.26. The van der Waals surface area contributed by atoms with Crippen LogP contribution in [0.4, 0.5) is 4.39 Å². The summed E-state index contributed by atoms with van der Waals surface area (Å²) in [5.74, 6) is 0.0217. The first-order valence-electron chi connectivity index (χ1n) is 7.46. The number of methoxy groups -OCH3 is 1. The van der Waals surface area contributed by atoms with Crippen molar-refractivity contribution in [2.45, 2.75) is 6.04 Å². The van der Waals surface area contributed by atoms with Crippen molar-refractivity contribution in [2.75, 3.05) is 27.7 Å². The molecule has 0 bridgehead atoms.